The highest BCUT2D eigenvalue weighted by atomic mass is 16.6. The Bertz CT molecular complexity index is 554. The van der Waals surface area contributed by atoms with Gasteiger partial charge in [0.1, 0.15) is 17.7 Å². The van der Waals surface area contributed by atoms with Crippen LogP contribution in [-0.2, 0) is 11.2 Å². The van der Waals surface area contributed by atoms with Crippen molar-refractivity contribution in [3.8, 4) is 0 Å². The number of carbonyl (C=O) groups excluding carboxylic acids is 1. The molecule has 1 aromatic rings. The number of hydrogen-bond acceptors (Lipinski definition) is 5. The summed E-state index contributed by atoms with van der Waals surface area (Å²) in [5.74, 6) is 1.51. The van der Waals surface area contributed by atoms with Crippen LogP contribution in [0.25, 0.3) is 0 Å². The summed E-state index contributed by atoms with van der Waals surface area (Å²) in [6.07, 6.45) is 4.21. The number of carbonyl (C=O) groups is 1. The molecule has 1 aromatic heterocycles. The van der Waals surface area contributed by atoms with E-state index in [0.29, 0.717) is 5.92 Å². The van der Waals surface area contributed by atoms with E-state index in [1.807, 2.05) is 20.8 Å². The van der Waals surface area contributed by atoms with Crippen LogP contribution >= 0.6 is 0 Å². The summed E-state index contributed by atoms with van der Waals surface area (Å²) in [7, 11) is 0. The summed E-state index contributed by atoms with van der Waals surface area (Å²) in [6, 6.07) is 2.15. The number of rotatable bonds is 4. The average Bonchev–Trinajstić information content (AvgIpc) is 2.45. The van der Waals surface area contributed by atoms with Gasteiger partial charge in [0.2, 0.25) is 0 Å². The highest BCUT2D eigenvalue weighted by molar-refractivity contribution is 5.68. The second kappa shape index (κ2) is 7.81. The van der Waals surface area contributed by atoms with Gasteiger partial charge in [0.25, 0.3) is 0 Å². The maximum absolute atomic E-state index is 12.0. The van der Waals surface area contributed by atoms with Crippen LogP contribution in [0, 0.1) is 5.92 Å². The van der Waals surface area contributed by atoms with E-state index in [4.69, 9.17) is 4.74 Å². The van der Waals surface area contributed by atoms with Gasteiger partial charge in [0.05, 0.1) is 0 Å². The molecule has 6 heteroatoms. The molecule has 1 unspecified atom stereocenters. The largest absolute Gasteiger partial charge is 0.444 e. The second-order valence-corrected chi connectivity index (χ2v) is 7.90. The predicted octanol–water partition coefficient (Wildman–Crippen LogP) is 3.17. The fourth-order valence-electron chi connectivity index (χ4n) is 2.87. The molecule has 1 aliphatic heterocycles. The van der Waals surface area contributed by atoms with Crippen LogP contribution < -0.4 is 10.2 Å². The van der Waals surface area contributed by atoms with E-state index in [2.05, 4.69) is 40.1 Å². The van der Waals surface area contributed by atoms with Gasteiger partial charge in [0.15, 0.2) is 0 Å². The van der Waals surface area contributed by atoms with Crippen molar-refractivity contribution in [3.63, 3.8) is 0 Å². The molecule has 1 aliphatic rings. The lowest BCUT2D eigenvalue weighted by atomic mass is 10.1. The van der Waals surface area contributed by atoms with Crippen LogP contribution in [0.1, 0.15) is 53.2 Å². The second-order valence-electron chi connectivity index (χ2n) is 7.90. The topological polar surface area (TPSA) is 67.4 Å². The van der Waals surface area contributed by atoms with Crippen molar-refractivity contribution >= 4 is 11.9 Å². The third-order valence-corrected chi connectivity index (χ3v) is 3.79. The lowest BCUT2D eigenvalue weighted by Gasteiger charge is -2.34. The Morgan fingerprint density at radius 3 is 2.83 bits per heavy atom. The Morgan fingerprint density at radius 1 is 1.42 bits per heavy atom. The van der Waals surface area contributed by atoms with Crippen LogP contribution in [0.2, 0.25) is 0 Å². The molecular formula is C18H30N4O2. The van der Waals surface area contributed by atoms with Crippen LogP contribution in [0.3, 0.4) is 0 Å². The summed E-state index contributed by atoms with van der Waals surface area (Å²) in [6.45, 7) is 11.7. The van der Waals surface area contributed by atoms with Gasteiger partial charge in [-0.2, -0.15) is 0 Å². The van der Waals surface area contributed by atoms with E-state index < -0.39 is 5.60 Å². The van der Waals surface area contributed by atoms with Gasteiger partial charge in [0, 0.05) is 30.9 Å². The Labute approximate surface area is 145 Å². The summed E-state index contributed by atoms with van der Waals surface area (Å²) >= 11 is 0. The number of piperidine rings is 1. The van der Waals surface area contributed by atoms with Crippen molar-refractivity contribution in [2.75, 3.05) is 18.0 Å². The number of hydrogen-bond donors (Lipinski definition) is 1. The fourth-order valence-corrected chi connectivity index (χ4v) is 2.87. The van der Waals surface area contributed by atoms with Crippen molar-refractivity contribution in [2.24, 2.45) is 5.92 Å². The van der Waals surface area contributed by atoms with Gasteiger partial charge in [-0.05, 0) is 46.0 Å². The maximum atomic E-state index is 12.0. The van der Waals surface area contributed by atoms with Crippen LogP contribution in [0.15, 0.2) is 12.4 Å². The SMILES string of the molecule is CC(C)Cc1cc(N2CCCC(NC(=O)OC(C)(C)C)C2)ncn1. The molecule has 2 rings (SSSR count). The van der Waals surface area contributed by atoms with E-state index in [1.54, 1.807) is 6.33 Å². The van der Waals surface area contributed by atoms with Gasteiger partial charge in [-0.1, -0.05) is 13.8 Å². The molecule has 2 heterocycles. The molecule has 1 saturated heterocycles. The maximum Gasteiger partial charge on any atom is 0.407 e. The molecule has 0 aromatic carbocycles. The van der Waals surface area contributed by atoms with Crippen LogP contribution in [0.5, 0.6) is 0 Å². The molecule has 6 nitrogen and oxygen atoms in total. The summed E-state index contributed by atoms with van der Waals surface area (Å²) < 4.78 is 5.35. The Kier molecular flexibility index (Phi) is 6.02. The third-order valence-electron chi connectivity index (χ3n) is 3.79. The minimum Gasteiger partial charge on any atom is -0.444 e. The van der Waals surface area contributed by atoms with Crippen molar-refractivity contribution in [1.82, 2.24) is 15.3 Å². The Hall–Kier alpha value is -1.85. The number of nitrogens with one attached hydrogen (secondary N) is 1. The van der Waals surface area contributed by atoms with Gasteiger partial charge in [-0.15, -0.1) is 0 Å². The van der Waals surface area contributed by atoms with E-state index in [-0.39, 0.29) is 12.1 Å². The molecule has 0 spiro atoms. The molecule has 1 amide bonds. The highest BCUT2D eigenvalue weighted by Gasteiger charge is 2.25. The molecule has 1 fully saturated rings. The Morgan fingerprint density at radius 2 is 2.17 bits per heavy atom. The normalized spacial score (nSPS) is 18.6. The molecule has 0 radical (unpaired) electrons. The smallest absolute Gasteiger partial charge is 0.407 e. The first-order valence-corrected chi connectivity index (χ1v) is 8.78. The first-order valence-electron chi connectivity index (χ1n) is 8.78. The molecule has 1 N–H and O–H groups in total. The van der Waals surface area contributed by atoms with Gasteiger partial charge < -0.3 is 15.0 Å². The predicted molar refractivity (Wildman–Crippen MR) is 95.2 cm³/mol. The molecular weight excluding hydrogens is 304 g/mol. The molecule has 0 aliphatic carbocycles. The summed E-state index contributed by atoms with van der Waals surface area (Å²) in [5.41, 5.74) is 0.592. The lowest BCUT2D eigenvalue weighted by molar-refractivity contribution is 0.0500. The minimum absolute atomic E-state index is 0.0807. The third kappa shape index (κ3) is 5.98. The lowest BCUT2D eigenvalue weighted by Crippen LogP contribution is -2.49. The van der Waals surface area contributed by atoms with Crippen molar-refractivity contribution in [1.29, 1.82) is 0 Å². The molecule has 0 saturated carbocycles. The number of anilines is 1. The number of alkyl carbamates (subject to hydrolysis) is 1. The summed E-state index contributed by atoms with van der Waals surface area (Å²) in [5, 5.41) is 2.98. The summed E-state index contributed by atoms with van der Waals surface area (Å²) in [4.78, 5) is 23.0. The van der Waals surface area contributed by atoms with Gasteiger partial charge in [-0.3, -0.25) is 0 Å². The average molecular weight is 334 g/mol. The Balaban J connectivity index is 1.96. The molecule has 24 heavy (non-hydrogen) atoms. The number of amides is 1. The van der Waals surface area contributed by atoms with E-state index in [9.17, 15) is 4.79 Å². The van der Waals surface area contributed by atoms with Crippen LogP contribution in [0.4, 0.5) is 10.6 Å². The first-order chi connectivity index (χ1) is 11.2. The minimum atomic E-state index is -0.475. The van der Waals surface area contributed by atoms with Crippen molar-refractivity contribution in [2.45, 2.75) is 65.5 Å². The van der Waals surface area contributed by atoms with E-state index in [1.165, 1.54) is 0 Å². The standard InChI is InChI=1S/C18H30N4O2/c1-13(2)9-15-10-16(20-12-19-15)22-8-6-7-14(11-22)21-17(23)24-18(3,4)5/h10,12-14H,6-9,11H2,1-5H3,(H,21,23). The number of aromatic nitrogens is 2. The number of nitrogens with zero attached hydrogens (tertiary/aromatic N) is 3. The van der Waals surface area contributed by atoms with Crippen LogP contribution in [-0.4, -0.2) is 40.8 Å². The van der Waals surface area contributed by atoms with Crippen molar-refractivity contribution < 1.29 is 9.53 Å². The molecule has 134 valence electrons. The molecule has 1 atom stereocenters. The number of ether oxygens (including phenoxy) is 1. The van der Waals surface area contributed by atoms with E-state index >= 15 is 0 Å². The fraction of sp³-hybridized carbons (Fsp3) is 0.722. The molecule has 0 bridgehead atoms. The zero-order valence-electron chi connectivity index (χ0n) is 15.5. The first kappa shape index (κ1) is 18.5. The van der Waals surface area contributed by atoms with E-state index in [0.717, 1.165) is 43.9 Å². The highest BCUT2D eigenvalue weighted by Crippen LogP contribution is 2.19. The van der Waals surface area contributed by atoms with Gasteiger partial charge >= 0.3 is 6.09 Å². The van der Waals surface area contributed by atoms with Gasteiger partial charge in [-0.25, -0.2) is 14.8 Å². The monoisotopic (exact) mass is 334 g/mol. The van der Waals surface area contributed by atoms with Crippen molar-refractivity contribution in [3.05, 3.63) is 18.1 Å². The zero-order valence-corrected chi connectivity index (χ0v) is 15.5. The zero-order chi connectivity index (χ0) is 17.7. The quantitative estimate of drug-likeness (QED) is 0.916.